The monoisotopic (exact) mass is 1700 g/mol. The van der Waals surface area contributed by atoms with Gasteiger partial charge >= 0.3 is 31.7 Å². The van der Waals surface area contributed by atoms with E-state index in [-0.39, 0.29) is 50.1 Å². The van der Waals surface area contributed by atoms with Gasteiger partial charge in [0.15, 0.2) is 12.4 Å². The highest BCUT2D eigenvalue weighted by Crippen LogP contribution is 2.43. The van der Waals surface area contributed by atoms with E-state index in [0.29, 0.717) is 64.3 Å². The van der Waals surface area contributed by atoms with E-state index in [9.17, 15) is 48.2 Å². The molecule has 20 heteroatoms. The molecule has 0 aromatic rings. The molecule has 0 radical (unpaired) electrons. The van der Waals surface area contributed by atoms with E-state index < -0.39 is 87.7 Å². The number of hydrogen-bond donors (Lipinski definition) is 5. The number of amides is 2. The van der Waals surface area contributed by atoms with Crippen molar-refractivity contribution in [2.24, 2.45) is 0 Å². The molecule has 0 aliphatic carbocycles. The summed E-state index contributed by atoms with van der Waals surface area (Å²) in [6.07, 6.45) is 65.8. The van der Waals surface area contributed by atoms with E-state index >= 15 is 0 Å². The Morgan fingerprint density at radius 3 is 0.907 bits per heavy atom. The minimum Gasteiger partial charge on any atom is -0.462 e. The Kier molecular flexibility index (Phi) is 79.7. The van der Waals surface area contributed by atoms with E-state index in [0.717, 1.165) is 161 Å². The molecule has 8 atom stereocenters. The molecule has 1 aliphatic heterocycles. The summed E-state index contributed by atoms with van der Waals surface area (Å²) in [4.78, 5) is 105. The third-order valence-electron chi connectivity index (χ3n) is 23.8. The lowest BCUT2D eigenvalue weighted by atomic mass is 9.95. The lowest BCUT2D eigenvalue weighted by molar-refractivity contribution is -0.271. The molecule has 696 valence electrons. The molecule has 1 fully saturated rings. The third-order valence-corrected chi connectivity index (χ3v) is 24.3. The van der Waals surface area contributed by atoms with Gasteiger partial charge in [-0.2, -0.15) is 0 Å². The smallest absolute Gasteiger partial charge is 0.462 e. The van der Waals surface area contributed by atoms with Crippen LogP contribution in [0.3, 0.4) is 0 Å². The van der Waals surface area contributed by atoms with Crippen LogP contribution in [0.5, 0.6) is 0 Å². The van der Waals surface area contributed by atoms with Crippen molar-refractivity contribution in [2.45, 2.75) is 572 Å². The zero-order chi connectivity index (χ0) is 86.1. The number of unbranched alkanes of at least 4 members (excludes halogenated alkanes) is 59. The number of ether oxygens (including phenoxy) is 6. The number of hydrogen-bond acceptors (Lipinski definition) is 15. The van der Waals surface area contributed by atoms with Crippen LogP contribution >= 0.6 is 7.82 Å². The van der Waals surface area contributed by atoms with Crippen LogP contribution in [0.2, 0.25) is 0 Å². The average Bonchev–Trinajstić information content (AvgIpc) is 0.780. The molecule has 19 nitrogen and oxygen atoms in total. The van der Waals surface area contributed by atoms with Gasteiger partial charge in [-0.05, 0) is 70.6 Å². The first-order chi connectivity index (χ1) is 57.5. The lowest BCUT2D eigenvalue weighted by Crippen LogP contribution is -2.66. The fourth-order valence-corrected chi connectivity index (χ4v) is 17.0. The normalized spacial score (nSPS) is 16.4. The van der Waals surface area contributed by atoms with Gasteiger partial charge in [-0.3, -0.25) is 33.3 Å². The van der Waals surface area contributed by atoms with Crippen LogP contribution in [0.4, 0.5) is 0 Å². The maximum atomic E-state index is 14.9. The van der Waals surface area contributed by atoms with Crippen molar-refractivity contribution < 1.29 is 81.2 Å². The van der Waals surface area contributed by atoms with Gasteiger partial charge < -0.3 is 53.9 Å². The highest BCUT2D eigenvalue weighted by Gasteiger charge is 2.52. The number of aliphatic hydroxyl groups excluding tert-OH is 1. The van der Waals surface area contributed by atoms with Crippen molar-refractivity contribution in [1.29, 1.82) is 0 Å². The number of rotatable bonds is 90. The minimum absolute atomic E-state index is 0.0911. The minimum atomic E-state index is -5.42. The summed E-state index contributed by atoms with van der Waals surface area (Å²) < 4.78 is 55.9. The van der Waals surface area contributed by atoms with Gasteiger partial charge in [0.05, 0.1) is 25.9 Å². The summed E-state index contributed by atoms with van der Waals surface area (Å²) in [7, 11) is -5.42. The Morgan fingerprint density at radius 2 is 0.602 bits per heavy atom. The standard InChI is InChI=1S/C98H187N2O17P/c1-7-13-19-25-31-37-40-46-52-60-68-76-91(104)112-85(73-65-57-49-43-34-28-22-16-10-4)81-89(102)99-79-71-63-55-56-64-72-80-111-98-95(100-90(103)82-86(74-66-58-50-44-35-29-23-17-11-5)113-92(105)77-69-61-53-47-41-38-32-26-20-14-8-2)97(96(88(84-101)115-98)117-118(108,109)110)116-94(107)83-87(75-67-59-51-45-36-30-24-18-12-6)114-93(106)78-70-62-54-48-42-39-33-27-21-15-9-3/h85-88,95-98,101H,7-84H2,1-6H3,(H,99,102)(H,100,103)(H2,108,109,110)/t85-,86-,87-,88?,95+,96+,97?,98-/m1/s1. The maximum absolute atomic E-state index is 14.9. The largest absolute Gasteiger partial charge is 0.470 e. The molecule has 0 spiro atoms. The van der Waals surface area contributed by atoms with Gasteiger partial charge in [-0.25, -0.2) is 4.57 Å². The zero-order valence-corrected chi connectivity index (χ0v) is 78.2. The van der Waals surface area contributed by atoms with E-state index in [1.165, 1.54) is 231 Å². The lowest BCUT2D eigenvalue weighted by Gasteiger charge is -2.45. The van der Waals surface area contributed by atoms with Gasteiger partial charge in [-0.1, -0.05) is 414 Å². The first kappa shape index (κ1) is 113. The number of nitrogens with one attached hydrogen (secondary N) is 2. The van der Waals surface area contributed by atoms with Crippen molar-refractivity contribution in [3.05, 3.63) is 0 Å². The number of carbonyl (C=O) groups excluding carboxylic acids is 6. The van der Waals surface area contributed by atoms with Crippen molar-refractivity contribution in [3.63, 3.8) is 0 Å². The molecular formula is C98H187N2O17P. The first-order valence-electron chi connectivity index (χ1n) is 50.5. The average molecular weight is 1700 g/mol. The molecule has 118 heavy (non-hydrogen) atoms. The van der Waals surface area contributed by atoms with Crippen LogP contribution < -0.4 is 10.6 Å². The second-order valence-corrected chi connectivity index (χ2v) is 36.5. The Hall–Kier alpha value is -3.19. The third kappa shape index (κ3) is 71.1. The number of carbonyl (C=O) groups is 6. The van der Waals surface area contributed by atoms with E-state index in [4.69, 9.17) is 32.9 Å². The fraction of sp³-hybridized carbons (Fsp3) is 0.939. The summed E-state index contributed by atoms with van der Waals surface area (Å²) >= 11 is 0. The molecule has 0 saturated carbocycles. The quantitative estimate of drug-likeness (QED) is 0.0164. The molecule has 0 aromatic heterocycles. The molecule has 1 aliphatic rings. The molecule has 2 unspecified atom stereocenters. The van der Waals surface area contributed by atoms with E-state index in [1.807, 2.05) is 0 Å². The summed E-state index contributed by atoms with van der Waals surface area (Å²) in [6.45, 7) is 13.1. The predicted octanol–water partition coefficient (Wildman–Crippen LogP) is 26.8. The van der Waals surface area contributed by atoms with E-state index in [1.54, 1.807) is 0 Å². The second kappa shape index (κ2) is 83.4. The van der Waals surface area contributed by atoms with Crippen LogP contribution in [0.25, 0.3) is 0 Å². The molecule has 5 N–H and O–H groups in total. The number of aliphatic hydroxyl groups is 1. The van der Waals surface area contributed by atoms with Crippen LogP contribution in [-0.4, -0.2) is 119 Å². The van der Waals surface area contributed by atoms with Crippen molar-refractivity contribution in [2.75, 3.05) is 19.8 Å². The van der Waals surface area contributed by atoms with Crippen molar-refractivity contribution in [1.82, 2.24) is 10.6 Å². The molecule has 1 saturated heterocycles. The Morgan fingerprint density at radius 1 is 0.331 bits per heavy atom. The van der Waals surface area contributed by atoms with Gasteiger partial charge in [-0.15, -0.1) is 0 Å². The summed E-state index contributed by atoms with van der Waals surface area (Å²) in [5.41, 5.74) is 0. The van der Waals surface area contributed by atoms with Gasteiger partial charge in [0.1, 0.15) is 36.6 Å². The van der Waals surface area contributed by atoms with E-state index in [2.05, 4.69) is 52.2 Å². The number of phosphoric ester groups is 1. The maximum Gasteiger partial charge on any atom is 0.470 e. The first-order valence-corrected chi connectivity index (χ1v) is 52.0. The Balaban J connectivity index is 3.44. The molecule has 2 amide bonds. The Bertz CT molecular complexity index is 2350. The summed E-state index contributed by atoms with van der Waals surface area (Å²) in [5, 5.41) is 17.0. The van der Waals surface area contributed by atoms with Crippen molar-refractivity contribution in [3.8, 4) is 0 Å². The molecule has 0 bridgehead atoms. The molecule has 1 rings (SSSR count). The predicted molar refractivity (Wildman–Crippen MR) is 483 cm³/mol. The molecule has 1 heterocycles. The number of esters is 4. The SMILES string of the molecule is CCCCCCCCCCCCCC(=O)O[C@H](CCCCCCCCCCC)CC(=O)NCCCCCCCCO[C@@H]1OC(CO)[C@H](OP(=O)(O)O)C(OC(=O)C[C@@H](CCCCCCCCCCC)OC(=O)CCCCCCCCCCCCC)[C@@H]1NC(=O)C[C@@H](CCCCCCCCCCC)OC(=O)CCCCCCCCCCCCC. The molecule has 0 aromatic carbocycles. The van der Waals surface area contributed by atoms with Crippen LogP contribution in [-0.2, 0) is 66.3 Å². The van der Waals surface area contributed by atoms with Crippen LogP contribution in [0.15, 0.2) is 0 Å². The highest BCUT2D eigenvalue weighted by atomic mass is 31.2. The fourth-order valence-electron chi connectivity index (χ4n) is 16.4. The zero-order valence-electron chi connectivity index (χ0n) is 77.3. The highest BCUT2D eigenvalue weighted by molar-refractivity contribution is 7.46. The number of phosphoric acid groups is 1. The second-order valence-electron chi connectivity index (χ2n) is 35.3. The van der Waals surface area contributed by atoms with Gasteiger partial charge in [0.2, 0.25) is 11.8 Å². The Labute approximate surface area is 723 Å². The molecular weight excluding hydrogens is 1510 g/mol. The van der Waals surface area contributed by atoms with Gasteiger partial charge in [0, 0.05) is 32.4 Å². The topological polar surface area (TPSA) is 269 Å². The van der Waals surface area contributed by atoms with Crippen molar-refractivity contribution >= 4 is 43.5 Å². The van der Waals surface area contributed by atoms with Gasteiger partial charge in [0.25, 0.3) is 0 Å². The summed E-state index contributed by atoms with van der Waals surface area (Å²) in [5.74, 6) is -2.60. The van der Waals surface area contributed by atoms with Crippen LogP contribution in [0, 0.1) is 0 Å². The summed E-state index contributed by atoms with van der Waals surface area (Å²) in [6, 6.07) is -1.46. The van der Waals surface area contributed by atoms with Crippen LogP contribution in [0.1, 0.15) is 523 Å².